The zero-order chi connectivity index (χ0) is 11.9. The van der Waals surface area contributed by atoms with Crippen LogP contribution in [0.5, 0.6) is 5.75 Å². The van der Waals surface area contributed by atoms with Crippen molar-refractivity contribution in [3.8, 4) is 5.75 Å². The van der Waals surface area contributed by atoms with Gasteiger partial charge in [-0.1, -0.05) is 12.1 Å². The first-order valence-corrected chi connectivity index (χ1v) is 5.55. The maximum absolute atomic E-state index is 5.64. The van der Waals surface area contributed by atoms with Crippen molar-refractivity contribution >= 4 is 0 Å². The zero-order valence-corrected chi connectivity index (χ0v) is 9.54. The van der Waals surface area contributed by atoms with E-state index in [9.17, 15) is 0 Å². The summed E-state index contributed by atoms with van der Waals surface area (Å²) >= 11 is 0. The fourth-order valence-electron chi connectivity index (χ4n) is 1.52. The third-order valence-corrected chi connectivity index (χ3v) is 2.33. The molecule has 4 heteroatoms. The van der Waals surface area contributed by atoms with E-state index in [0.717, 1.165) is 17.9 Å². The molecule has 17 heavy (non-hydrogen) atoms. The molecule has 1 aromatic heterocycles. The lowest BCUT2D eigenvalue weighted by molar-refractivity contribution is 0.300. The summed E-state index contributed by atoms with van der Waals surface area (Å²) in [6.45, 7) is 1.08. The molecule has 0 fully saturated rings. The third-order valence-electron chi connectivity index (χ3n) is 2.33. The molecule has 88 valence electrons. The molecule has 0 amide bonds. The first kappa shape index (κ1) is 11.5. The van der Waals surface area contributed by atoms with Gasteiger partial charge in [0.15, 0.2) is 0 Å². The molecule has 1 aromatic carbocycles. The smallest absolute Gasteiger partial charge is 0.132 e. The molecule has 0 bridgehead atoms. The maximum Gasteiger partial charge on any atom is 0.132 e. The second-order valence-electron chi connectivity index (χ2n) is 3.67. The predicted molar refractivity (Wildman–Crippen MR) is 65.6 cm³/mol. The van der Waals surface area contributed by atoms with E-state index < -0.39 is 0 Å². The lowest BCUT2D eigenvalue weighted by atomic mass is 10.1. The van der Waals surface area contributed by atoms with Crippen LogP contribution in [-0.2, 0) is 13.0 Å². The summed E-state index contributed by atoms with van der Waals surface area (Å²) in [7, 11) is 0. The first-order valence-electron chi connectivity index (χ1n) is 5.55. The molecule has 0 radical (unpaired) electrons. The van der Waals surface area contributed by atoms with Crippen molar-refractivity contribution in [2.75, 3.05) is 6.54 Å². The Morgan fingerprint density at radius 2 is 2.18 bits per heavy atom. The Kier molecular flexibility index (Phi) is 4.05. The van der Waals surface area contributed by atoms with Crippen LogP contribution in [0.25, 0.3) is 0 Å². The highest BCUT2D eigenvalue weighted by Gasteiger charge is 1.98. The normalized spacial score (nSPS) is 10.2. The fraction of sp³-hybridized carbons (Fsp3) is 0.231. The van der Waals surface area contributed by atoms with Gasteiger partial charge >= 0.3 is 0 Å². The number of aromatic nitrogens is 2. The number of hydrogen-bond acceptors (Lipinski definition) is 4. The summed E-state index contributed by atoms with van der Waals surface area (Å²) in [6, 6.07) is 7.94. The Labute approximate surface area is 100 Å². The summed E-state index contributed by atoms with van der Waals surface area (Å²) in [5, 5.41) is 0. The first-order chi connectivity index (χ1) is 8.38. The van der Waals surface area contributed by atoms with Crippen LogP contribution in [0, 0.1) is 0 Å². The molecule has 0 aliphatic heterocycles. The molecule has 0 saturated carbocycles. The standard InChI is InChI=1S/C13H15N3O/c14-5-4-11-2-1-3-13(8-11)17-10-12-9-15-6-7-16-12/h1-3,6-9H,4-5,10,14H2. The van der Waals surface area contributed by atoms with Crippen molar-refractivity contribution in [1.29, 1.82) is 0 Å². The van der Waals surface area contributed by atoms with Crippen LogP contribution in [0.1, 0.15) is 11.3 Å². The number of rotatable bonds is 5. The molecule has 0 atom stereocenters. The lowest BCUT2D eigenvalue weighted by Crippen LogP contribution is -2.03. The highest BCUT2D eigenvalue weighted by Crippen LogP contribution is 2.14. The molecule has 2 rings (SSSR count). The second-order valence-corrected chi connectivity index (χ2v) is 3.67. The molecule has 4 nitrogen and oxygen atoms in total. The molecule has 0 spiro atoms. The van der Waals surface area contributed by atoms with Gasteiger partial charge in [-0.3, -0.25) is 9.97 Å². The topological polar surface area (TPSA) is 61.0 Å². The second kappa shape index (κ2) is 5.96. The number of ether oxygens (including phenoxy) is 1. The van der Waals surface area contributed by atoms with Gasteiger partial charge in [0.1, 0.15) is 12.4 Å². The molecular formula is C13H15N3O. The fourth-order valence-corrected chi connectivity index (χ4v) is 1.52. The van der Waals surface area contributed by atoms with Gasteiger partial charge < -0.3 is 10.5 Å². The van der Waals surface area contributed by atoms with E-state index in [1.54, 1.807) is 18.6 Å². The van der Waals surface area contributed by atoms with E-state index in [1.165, 1.54) is 5.56 Å². The van der Waals surface area contributed by atoms with E-state index in [2.05, 4.69) is 9.97 Å². The van der Waals surface area contributed by atoms with Gasteiger partial charge in [0.05, 0.1) is 11.9 Å². The SMILES string of the molecule is NCCc1cccc(OCc2cnccn2)c1. The van der Waals surface area contributed by atoms with Crippen molar-refractivity contribution in [1.82, 2.24) is 9.97 Å². The van der Waals surface area contributed by atoms with E-state index in [0.29, 0.717) is 13.2 Å². The molecular weight excluding hydrogens is 214 g/mol. The summed E-state index contributed by atoms with van der Waals surface area (Å²) in [6.07, 6.45) is 5.86. The van der Waals surface area contributed by atoms with Gasteiger partial charge in [-0.2, -0.15) is 0 Å². The molecule has 0 aliphatic rings. The van der Waals surface area contributed by atoms with Crippen molar-refractivity contribution in [3.05, 3.63) is 54.1 Å². The van der Waals surface area contributed by atoms with E-state index in [1.807, 2.05) is 24.3 Å². The molecule has 0 aliphatic carbocycles. The van der Waals surface area contributed by atoms with Crippen LogP contribution in [0.4, 0.5) is 0 Å². The largest absolute Gasteiger partial charge is 0.487 e. The van der Waals surface area contributed by atoms with Gasteiger partial charge in [0, 0.05) is 12.4 Å². The van der Waals surface area contributed by atoms with Gasteiger partial charge in [-0.05, 0) is 30.7 Å². The number of hydrogen-bond donors (Lipinski definition) is 1. The van der Waals surface area contributed by atoms with Crippen molar-refractivity contribution in [2.45, 2.75) is 13.0 Å². The Balaban J connectivity index is 1.97. The van der Waals surface area contributed by atoms with E-state index in [4.69, 9.17) is 10.5 Å². The predicted octanol–water partition coefficient (Wildman–Crippen LogP) is 1.56. The van der Waals surface area contributed by atoms with Crippen molar-refractivity contribution in [3.63, 3.8) is 0 Å². The molecule has 2 aromatic rings. The zero-order valence-electron chi connectivity index (χ0n) is 9.54. The minimum absolute atomic E-state index is 0.430. The van der Waals surface area contributed by atoms with Crippen LogP contribution in [0.2, 0.25) is 0 Å². The lowest BCUT2D eigenvalue weighted by Gasteiger charge is -2.06. The Morgan fingerprint density at radius 3 is 2.94 bits per heavy atom. The minimum atomic E-state index is 0.430. The summed E-state index contributed by atoms with van der Waals surface area (Å²) in [4.78, 5) is 8.13. The van der Waals surface area contributed by atoms with Crippen LogP contribution >= 0.6 is 0 Å². The average molecular weight is 229 g/mol. The molecule has 0 unspecified atom stereocenters. The minimum Gasteiger partial charge on any atom is -0.487 e. The maximum atomic E-state index is 5.64. The van der Waals surface area contributed by atoms with Gasteiger partial charge in [0.2, 0.25) is 0 Å². The summed E-state index contributed by atoms with van der Waals surface area (Å²) < 4.78 is 5.64. The van der Waals surface area contributed by atoms with Crippen molar-refractivity contribution in [2.24, 2.45) is 5.73 Å². The monoisotopic (exact) mass is 229 g/mol. The molecule has 0 saturated heterocycles. The average Bonchev–Trinajstić information content (AvgIpc) is 2.39. The van der Waals surface area contributed by atoms with Crippen LogP contribution < -0.4 is 10.5 Å². The van der Waals surface area contributed by atoms with Crippen LogP contribution in [0.3, 0.4) is 0 Å². The summed E-state index contributed by atoms with van der Waals surface area (Å²) in [5.74, 6) is 0.835. The quantitative estimate of drug-likeness (QED) is 0.845. The van der Waals surface area contributed by atoms with E-state index in [-0.39, 0.29) is 0 Å². The third kappa shape index (κ3) is 3.53. The number of nitrogens with two attached hydrogens (primary N) is 1. The van der Waals surface area contributed by atoms with Crippen molar-refractivity contribution < 1.29 is 4.74 Å². The molecule has 2 N–H and O–H groups in total. The Morgan fingerprint density at radius 1 is 1.24 bits per heavy atom. The summed E-state index contributed by atoms with van der Waals surface area (Å²) in [5.41, 5.74) is 7.52. The van der Waals surface area contributed by atoms with Gasteiger partial charge in [0.25, 0.3) is 0 Å². The van der Waals surface area contributed by atoms with Crippen LogP contribution in [0.15, 0.2) is 42.9 Å². The molecule has 1 heterocycles. The number of nitrogens with zero attached hydrogens (tertiary/aromatic N) is 2. The Hall–Kier alpha value is -1.94. The van der Waals surface area contributed by atoms with Gasteiger partial charge in [-0.25, -0.2) is 0 Å². The highest BCUT2D eigenvalue weighted by molar-refractivity contribution is 5.28. The van der Waals surface area contributed by atoms with E-state index >= 15 is 0 Å². The van der Waals surface area contributed by atoms with Crippen LogP contribution in [-0.4, -0.2) is 16.5 Å². The highest BCUT2D eigenvalue weighted by atomic mass is 16.5. The van der Waals surface area contributed by atoms with Gasteiger partial charge in [-0.15, -0.1) is 0 Å². The Bertz CT molecular complexity index is 459. The number of benzene rings is 1.